The molecule has 0 amide bonds. The second-order valence-electron chi connectivity index (χ2n) is 5.12. The van der Waals surface area contributed by atoms with Crippen LogP contribution in [0.2, 0.25) is 0 Å². The van der Waals surface area contributed by atoms with Crippen molar-refractivity contribution in [2.45, 2.75) is 51.8 Å². The molecule has 1 N–H and O–H groups in total. The van der Waals surface area contributed by atoms with Crippen LogP contribution in [0.25, 0.3) is 0 Å². The Morgan fingerprint density at radius 2 is 1.73 bits per heavy atom. The molecule has 0 aliphatic heterocycles. The maximum absolute atomic E-state index is 11.7. The fourth-order valence-corrected chi connectivity index (χ4v) is 2.29. The van der Waals surface area contributed by atoms with Gasteiger partial charge >= 0.3 is 0 Å². The molecule has 0 fully saturated rings. The molecule has 92 valence electrons. The van der Waals surface area contributed by atoms with Gasteiger partial charge in [-0.25, -0.2) is 8.42 Å². The summed E-state index contributed by atoms with van der Waals surface area (Å²) < 4.78 is 22.7. The van der Waals surface area contributed by atoms with Crippen LogP contribution in [0, 0.1) is 5.92 Å². The standard InChI is InChI=1S/C11H25NO2S/c1-7-12-10(8-9(2)3)11(4,5)15(6,13)14/h9-10,12H,7-8H2,1-6H3. The van der Waals surface area contributed by atoms with Gasteiger partial charge in [-0.1, -0.05) is 20.8 Å². The van der Waals surface area contributed by atoms with Crippen LogP contribution in [0.1, 0.15) is 41.0 Å². The third kappa shape index (κ3) is 4.11. The number of hydrogen-bond donors (Lipinski definition) is 1. The molecule has 0 aliphatic carbocycles. The minimum Gasteiger partial charge on any atom is -0.313 e. The summed E-state index contributed by atoms with van der Waals surface area (Å²) in [5, 5.41) is 3.28. The molecule has 0 aliphatic rings. The Labute approximate surface area is 94.6 Å². The first kappa shape index (κ1) is 14.9. The number of hydrogen-bond acceptors (Lipinski definition) is 3. The Kier molecular flexibility index (Phi) is 5.27. The quantitative estimate of drug-likeness (QED) is 0.764. The SMILES string of the molecule is CCNC(CC(C)C)C(C)(C)S(C)(=O)=O. The summed E-state index contributed by atoms with van der Waals surface area (Å²) in [5.74, 6) is 0.495. The summed E-state index contributed by atoms with van der Waals surface area (Å²) >= 11 is 0. The largest absolute Gasteiger partial charge is 0.313 e. The highest BCUT2D eigenvalue weighted by atomic mass is 32.2. The molecule has 1 atom stereocenters. The highest BCUT2D eigenvalue weighted by Gasteiger charge is 2.38. The minimum atomic E-state index is -3.03. The second-order valence-corrected chi connectivity index (χ2v) is 7.71. The molecule has 0 aromatic rings. The highest BCUT2D eigenvalue weighted by Crippen LogP contribution is 2.24. The van der Waals surface area contributed by atoms with Gasteiger partial charge in [-0.2, -0.15) is 0 Å². The topological polar surface area (TPSA) is 46.2 Å². The van der Waals surface area contributed by atoms with E-state index in [0.29, 0.717) is 5.92 Å². The highest BCUT2D eigenvalue weighted by molar-refractivity contribution is 7.92. The van der Waals surface area contributed by atoms with Crippen LogP contribution in [0.4, 0.5) is 0 Å². The zero-order valence-corrected chi connectivity index (χ0v) is 11.6. The normalized spacial score (nSPS) is 15.7. The minimum absolute atomic E-state index is 0.0255. The van der Waals surface area contributed by atoms with Crippen molar-refractivity contribution in [3.63, 3.8) is 0 Å². The molecule has 0 aromatic heterocycles. The summed E-state index contributed by atoms with van der Waals surface area (Å²) in [6.07, 6.45) is 2.20. The Morgan fingerprint density at radius 1 is 1.27 bits per heavy atom. The predicted molar refractivity (Wildman–Crippen MR) is 65.8 cm³/mol. The van der Waals surface area contributed by atoms with Gasteiger partial charge in [-0.3, -0.25) is 0 Å². The molecule has 0 radical (unpaired) electrons. The van der Waals surface area contributed by atoms with E-state index in [4.69, 9.17) is 0 Å². The van der Waals surface area contributed by atoms with Gasteiger partial charge in [-0.15, -0.1) is 0 Å². The van der Waals surface area contributed by atoms with Crippen molar-refractivity contribution in [3.05, 3.63) is 0 Å². The van der Waals surface area contributed by atoms with Crippen LogP contribution in [0.5, 0.6) is 0 Å². The van der Waals surface area contributed by atoms with Crippen LogP contribution in [-0.4, -0.2) is 32.0 Å². The smallest absolute Gasteiger partial charge is 0.154 e. The molecular weight excluding hydrogens is 210 g/mol. The van der Waals surface area contributed by atoms with E-state index in [2.05, 4.69) is 19.2 Å². The second kappa shape index (κ2) is 5.30. The molecule has 0 bridgehead atoms. The van der Waals surface area contributed by atoms with Gasteiger partial charge in [0.1, 0.15) is 0 Å². The molecule has 4 heteroatoms. The third-order valence-electron chi connectivity index (χ3n) is 2.95. The van der Waals surface area contributed by atoms with Crippen molar-refractivity contribution < 1.29 is 8.42 Å². The van der Waals surface area contributed by atoms with Gasteiger partial charge < -0.3 is 5.32 Å². The summed E-state index contributed by atoms with van der Waals surface area (Å²) in [5.41, 5.74) is 0. The lowest BCUT2D eigenvalue weighted by Crippen LogP contribution is -2.52. The Hall–Kier alpha value is -0.0900. The van der Waals surface area contributed by atoms with Gasteiger partial charge in [0.05, 0.1) is 4.75 Å². The van der Waals surface area contributed by atoms with E-state index in [1.165, 1.54) is 6.26 Å². The zero-order chi connectivity index (χ0) is 12.3. The van der Waals surface area contributed by atoms with Crippen molar-refractivity contribution >= 4 is 9.84 Å². The van der Waals surface area contributed by atoms with Crippen LogP contribution in [0.15, 0.2) is 0 Å². The van der Waals surface area contributed by atoms with Crippen LogP contribution < -0.4 is 5.32 Å². The fourth-order valence-electron chi connectivity index (χ4n) is 1.59. The third-order valence-corrected chi connectivity index (χ3v) is 5.15. The molecule has 1 unspecified atom stereocenters. The molecular formula is C11H25NO2S. The molecule has 0 heterocycles. The molecule has 0 spiro atoms. The zero-order valence-electron chi connectivity index (χ0n) is 10.8. The Bertz CT molecular complexity index is 281. The van der Waals surface area contributed by atoms with Gasteiger partial charge in [-0.05, 0) is 32.7 Å². The molecule has 3 nitrogen and oxygen atoms in total. The number of sulfone groups is 1. The number of nitrogens with one attached hydrogen (secondary N) is 1. The first-order valence-corrected chi connectivity index (χ1v) is 7.45. The number of rotatable bonds is 6. The molecule has 0 aromatic carbocycles. The average molecular weight is 235 g/mol. The van der Waals surface area contributed by atoms with Crippen molar-refractivity contribution in [2.75, 3.05) is 12.8 Å². The van der Waals surface area contributed by atoms with Gasteiger partial charge in [0.25, 0.3) is 0 Å². The lowest BCUT2D eigenvalue weighted by molar-refractivity contribution is 0.355. The summed E-state index contributed by atoms with van der Waals surface area (Å²) in [7, 11) is -3.03. The van der Waals surface area contributed by atoms with Gasteiger partial charge in [0, 0.05) is 12.3 Å². The lowest BCUT2D eigenvalue weighted by Gasteiger charge is -2.34. The van der Waals surface area contributed by atoms with Crippen molar-refractivity contribution in [3.8, 4) is 0 Å². The molecule has 15 heavy (non-hydrogen) atoms. The Morgan fingerprint density at radius 3 is 2.00 bits per heavy atom. The first-order chi connectivity index (χ1) is 6.63. The maximum atomic E-state index is 11.7. The van der Waals surface area contributed by atoms with E-state index in [9.17, 15) is 8.42 Å². The van der Waals surface area contributed by atoms with E-state index in [1.54, 1.807) is 13.8 Å². The van der Waals surface area contributed by atoms with E-state index >= 15 is 0 Å². The summed E-state index contributed by atoms with van der Waals surface area (Å²) in [4.78, 5) is 0. The van der Waals surface area contributed by atoms with Crippen molar-refractivity contribution in [2.24, 2.45) is 5.92 Å². The monoisotopic (exact) mass is 235 g/mol. The van der Waals surface area contributed by atoms with Crippen molar-refractivity contribution in [1.29, 1.82) is 0 Å². The summed E-state index contributed by atoms with van der Waals surface area (Å²) in [6.45, 7) is 10.6. The maximum Gasteiger partial charge on any atom is 0.154 e. The lowest BCUT2D eigenvalue weighted by atomic mass is 9.94. The average Bonchev–Trinajstić information content (AvgIpc) is 2.00. The van der Waals surface area contributed by atoms with E-state index in [-0.39, 0.29) is 6.04 Å². The van der Waals surface area contributed by atoms with Crippen molar-refractivity contribution in [1.82, 2.24) is 5.32 Å². The Balaban J connectivity index is 4.90. The van der Waals surface area contributed by atoms with Crippen LogP contribution >= 0.6 is 0 Å². The van der Waals surface area contributed by atoms with Crippen LogP contribution in [0.3, 0.4) is 0 Å². The fraction of sp³-hybridized carbons (Fsp3) is 1.00. The van der Waals surface area contributed by atoms with Crippen LogP contribution in [-0.2, 0) is 9.84 Å². The molecule has 0 saturated carbocycles. The molecule has 0 saturated heterocycles. The first-order valence-electron chi connectivity index (χ1n) is 5.55. The summed E-state index contributed by atoms with van der Waals surface area (Å²) in [6, 6.07) is 0.0255. The predicted octanol–water partition coefficient (Wildman–Crippen LogP) is 1.83. The van der Waals surface area contributed by atoms with E-state index < -0.39 is 14.6 Å². The van der Waals surface area contributed by atoms with E-state index in [1.807, 2.05) is 6.92 Å². The molecule has 0 rings (SSSR count). The van der Waals surface area contributed by atoms with Gasteiger partial charge in [0.15, 0.2) is 9.84 Å². The van der Waals surface area contributed by atoms with E-state index in [0.717, 1.165) is 13.0 Å². The van der Waals surface area contributed by atoms with Gasteiger partial charge in [0.2, 0.25) is 0 Å².